The van der Waals surface area contributed by atoms with Crippen molar-refractivity contribution in [3.05, 3.63) is 59.5 Å². The second kappa shape index (κ2) is 6.43. The number of hydrogen-bond acceptors (Lipinski definition) is 3. The van der Waals surface area contributed by atoms with Crippen molar-refractivity contribution >= 4 is 17.1 Å². The minimum absolute atomic E-state index is 0. The molecule has 16 heavy (non-hydrogen) atoms. The fourth-order valence-electron chi connectivity index (χ4n) is 1.29. The molecule has 0 saturated carbocycles. The predicted molar refractivity (Wildman–Crippen MR) is 62.7 cm³/mol. The first-order valence-corrected chi connectivity index (χ1v) is 4.64. The molecule has 0 aliphatic rings. The van der Waals surface area contributed by atoms with Crippen molar-refractivity contribution in [1.29, 1.82) is 0 Å². The third kappa shape index (κ3) is 3.45. The van der Waals surface area contributed by atoms with E-state index >= 15 is 0 Å². The van der Waals surface area contributed by atoms with Gasteiger partial charge in [-0.2, -0.15) is 0 Å². The number of hydrogen-bond donors (Lipinski definition) is 1. The van der Waals surface area contributed by atoms with Crippen LogP contribution in [0.1, 0.15) is 1.43 Å². The largest absolute Gasteiger partial charge is 1.00 e. The molecule has 2 rings (SSSR count). The molecule has 0 aliphatic heterocycles. The monoisotopic (exact) mass is 222 g/mol. The van der Waals surface area contributed by atoms with Gasteiger partial charge in [-0.3, -0.25) is 0 Å². The number of nitrogens with one attached hydrogen (secondary N) is 1. The molecule has 0 bridgehead atoms. The van der Waals surface area contributed by atoms with Crippen molar-refractivity contribution in [3.8, 4) is 0 Å². The SMILES string of the molecule is O=Nc1ccc(Nc2ccccc2)cc1.[H-].[Na+]. The van der Waals surface area contributed by atoms with Crippen LogP contribution in [0.3, 0.4) is 0 Å². The van der Waals surface area contributed by atoms with Crippen LogP contribution in [0.2, 0.25) is 0 Å². The molecular formula is C12H11N2NaO. The Bertz CT molecular complexity index is 448. The van der Waals surface area contributed by atoms with E-state index in [1.165, 1.54) is 0 Å². The topological polar surface area (TPSA) is 41.5 Å². The van der Waals surface area contributed by atoms with Crippen LogP contribution < -0.4 is 34.9 Å². The first-order chi connectivity index (χ1) is 7.38. The molecule has 0 heterocycles. The maximum absolute atomic E-state index is 10.2. The second-order valence-electron chi connectivity index (χ2n) is 3.13. The third-order valence-electron chi connectivity index (χ3n) is 2.04. The number of nitrogens with zero attached hydrogens (tertiary/aromatic N) is 1. The minimum atomic E-state index is 0. The molecule has 0 spiro atoms. The Labute approximate surface area is 118 Å². The smallest absolute Gasteiger partial charge is 1.00 e. The van der Waals surface area contributed by atoms with Crippen molar-refractivity contribution in [2.45, 2.75) is 0 Å². The number of para-hydroxylation sites is 1. The molecule has 3 nitrogen and oxygen atoms in total. The van der Waals surface area contributed by atoms with Gasteiger partial charge in [0.05, 0.1) is 0 Å². The maximum Gasteiger partial charge on any atom is 1.00 e. The van der Waals surface area contributed by atoms with E-state index in [0.29, 0.717) is 5.69 Å². The Morgan fingerprint density at radius 1 is 0.875 bits per heavy atom. The van der Waals surface area contributed by atoms with Crippen LogP contribution >= 0.6 is 0 Å². The Balaban J connectivity index is 0.00000128. The summed E-state index contributed by atoms with van der Waals surface area (Å²) in [5.41, 5.74) is 2.39. The summed E-state index contributed by atoms with van der Waals surface area (Å²) in [7, 11) is 0. The first-order valence-electron chi connectivity index (χ1n) is 4.64. The molecule has 0 unspecified atom stereocenters. The summed E-state index contributed by atoms with van der Waals surface area (Å²) < 4.78 is 0. The summed E-state index contributed by atoms with van der Waals surface area (Å²) >= 11 is 0. The molecule has 2 aromatic carbocycles. The van der Waals surface area contributed by atoms with E-state index in [1.54, 1.807) is 12.1 Å². The number of anilines is 2. The third-order valence-corrected chi connectivity index (χ3v) is 2.04. The van der Waals surface area contributed by atoms with Gasteiger partial charge < -0.3 is 6.74 Å². The van der Waals surface area contributed by atoms with Gasteiger partial charge in [0, 0.05) is 11.4 Å². The molecule has 0 atom stereocenters. The van der Waals surface area contributed by atoms with Crippen LogP contribution in [0.15, 0.2) is 59.8 Å². The molecule has 0 amide bonds. The van der Waals surface area contributed by atoms with Gasteiger partial charge in [-0.1, -0.05) is 18.2 Å². The summed E-state index contributed by atoms with van der Waals surface area (Å²) in [6, 6.07) is 16.8. The average Bonchev–Trinajstić information content (AvgIpc) is 2.31. The normalized spacial score (nSPS) is 9.00. The standard InChI is InChI=1S/C12H10N2O.Na.H/c15-14-12-8-6-11(7-9-12)13-10-4-2-1-3-5-10;;/h1-9,13H;;/q;+1;-1. The van der Waals surface area contributed by atoms with E-state index < -0.39 is 0 Å². The number of benzene rings is 2. The van der Waals surface area contributed by atoms with E-state index in [1.807, 2.05) is 42.5 Å². The second-order valence-corrected chi connectivity index (χ2v) is 3.13. The van der Waals surface area contributed by atoms with Crippen LogP contribution in [0.5, 0.6) is 0 Å². The van der Waals surface area contributed by atoms with E-state index in [4.69, 9.17) is 0 Å². The fourth-order valence-corrected chi connectivity index (χ4v) is 1.29. The molecule has 4 heteroatoms. The summed E-state index contributed by atoms with van der Waals surface area (Å²) in [5, 5.41) is 6.05. The van der Waals surface area contributed by atoms with Crippen LogP contribution in [0.25, 0.3) is 0 Å². The van der Waals surface area contributed by atoms with Crippen molar-refractivity contribution in [2.75, 3.05) is 5.32 Å². The van der Waals surface area contributed by atoms with Gasteiger partial charge >= 0.3 is 29.6 Å². The van der Waals surface area contributed by atoms with Crippen LogP contribution in [0, 0.1) is 4.91 Å². The fraction of sp³-hybridized carbons (Fsp3) is 0. The molecule has 0 aromatic heterocycles. The van der Waals surface area contributed by atoms with Crippen molar-refractivity contribution in [1.82, 2.24) is 0 Å². The van der Waals surface area contributed by atoms with Crippen molar-refractivity contribution in [3.63, 3.8) is 0 Å². The Kier molecular flexibility index (Phi) is 5.19. The van der Waals surface area contributed by atoms with E-state index in [-0.39, 0.29) is 31.0 Å². The van der Waals surface area contributed by atoms with Crippen LogP contribution in [-0.2, 0) is 0 Å². The minimum Gasteiger partial charge on any atom is -1.00 e. The van der Waals surface area contributed by atoms with Crippen LogP contribution in [0.4, 0.5) is 17.1 Å². The number of rotatable bonds is 3. The molecule has 76 valence electrons. The van der Waals surface area contributed by atoms with Gasteiger partial charge in [-0.25, -0.2) is 0 Å². The zero-order valence-electron chi connectivity index (χ0n) is 10.1. The Hall–Kier alpha value is -1.16. The molecular weight excluding hydrogens is 211 g/mol. The zero-order valence-corrected chi connectivity index (χ0v) is 11.1. The van der Waals surface area contributed by atoms with E-state index in [0.717, 1.165) is 11.4 Å². The van der Waals surface area contributed by atoms with Gasteiger partial charge in [-0.15, -0.1) is 4.91 Å². The van der Waals surface area contributed by atoms with Gasteiger partial charge in [-0.05, 0) is 41.6 Å². The number of nitroso groups, excluding NO2 is 1. The van der Waals surface area contributed by atoms with Gasteiger partial charge in [0.15, 0.2) is 0 Å². The molecule has 1 N–H and O–H groups in total. The molecule has 0 saturated heterocycles. The predicted octanol–water partition coefficient (Wildman–Crippen LogP) is 0.945. The Morgan fingerprint density at radius 2 is 1.44 bits per heavy atom. The molecule has 0 radical (unpaired) electrons. The first kappa shape index (κ1) is 12.9. The van der Waals surface area contributed by atoms with Crippen LogP contribution in [-0.4, -0.2) is 0 Å². The van der Waals surface area contributed by atoms with Gasteiger partial charge in [0.1, 0.15) is 5.69 Å². The van der Waals surface area contributed by atoms with Gasteiger partial charge in [0.25, 0.3) is 0 Å². The summed E-state index contributed by atoms with van der Waals surface area (Å²) in [5.74, 6) is 0. The van der Waals surface area contributed by atoms with Crippen molar-refractivity contribution in [2.24, 2.45) is 5.18 Å². The van der Waals surface area contributed by atoms with Crippen molar-refractivity contribution < 1.29 is 31.0 Å². The quantitative estimate of drug-likeness (QED) is 0.620. The average molecular weight is 222 g/mol. The van der Waals surface area contributed by atoms with E-state index in [2.05, 4.69) is 10.5 Å². The molecule has 0 aliphatic carbocycles. The molecule has 2 aromatic rings. The summed E-state index contributed by atoms with van der Waals surface area (Å²) in [6.45, 7) is 0. The maximum atomic E-state index is 10.2. The van der Waals surface area contributed by atoms with E-state index in [9.17, 15) is 4.91 Å². The summed E-state index contributed by atoms with van der Waals surface area (Å²) in [6.07, 6.45) is 0. The van der Waals surface area contributed by atoms with Gasteiger partial charge in [0.2, 0.25) is 0 Å². The summed E-state index contributed by atoms with van der Waals surface area (Å²) in [4.78, 5) is 10.2. The molecule has 0 fully saturated rings. The Morgan fingerprint density at radius 3 is 2.00 bits per heavy atom. The zero-order chi connectivity index (χ0) is 10.5.